The van der Waals surface area contributed by atoms with E-state index in [0.29, 0.717) is 0 Å². The Hall–Kier alpha value is -1.32. The van der Waals surface area contributed by atoms with Crippen molar-refractivity contribution >= 4 is 17.8 Å². The largest absolute Gasteiger partial charge is 0.394 e. The molecule has 8 heteroatoms. The highest BCUT2D eigenvalue weighted by atomic mass is 32.2. The zero-order valence-corrected chi connectivity index (χ0v) is 11.9. The molecule has 0 spiro atoms. The summed E-state index contributed by atoms with van der Waals surface area (Å²) in [5.41, 5.74) is 4.41. The van der Waals surface area contributed by atoms with Crippen LogP contribution in [0.5, 0.6) is 0 Å². The highest BCUT2D eigenvalue weighted by Crippen LogP contribution is 2.33. The lowest BCUT2D eigenvalue weighted by atomic mass is 9.98. The van der Waals surface area contributed by atoms with Gasteiger partial charge in [0, 0.05) is 4.90 Å². The Balaban J connectivity index is 2.18. The lowest BCUT2D eigenvalue weighted by Gasteiger charge is -2.42. The summed E-state index contributed by atoms with van der Waals surface area (Å²) >= 11 is 1.26. The van der Waals surface area contributed by atoms with Gasteiger partial charge in [0.2, 0.25) is 0 Å². The third-order valence-corrected chi connectivity index (χ3v) is 4.37. The van der Waals surface area contributed by atoms with Gasteiger partial charge in [0.15, 0.2) is 0 Å². The van der Waals surface area contributed by atoms with E-state index < -0.39 is 42.4 Å². The molecule has 6 N–H and O–H groups in total. The molecule has 0 aromatic heterocycles. The standard InChI is InChI=1S/C13H18N2O5S/c14-13(19)15-9-11(18)10(17)8(6-16)20-12(9)21-7-4-2-1-3-5-7/h1-5,8-12,16-18H,6H2,(H3,14,15,19)/t8-,9-,10-,11-,12+/m1/s1. The van der Waals surface area contributed by atoms with Crippen LogP contribution in [0.2, 0.25) is 0 Å². The van der Waals surface area contributed by atoms with Crippen molar-refractivity contribution in [2.24, 2.45) is 5.73 Å². The number of hydrogen-bond donors (Lipinski definition) is 5. The Morgan fingerprint density at radius 3 is 2.52 bits per heavy atom. The zero-order chi connectivity index (χ0) is 15.4. The molecule has 1 aliphatic heterocycles. The second-order valence-corrected chi connectivity index (χ2v) is 5.84. The second-order valence-electron chi connectivity index (χ2n) is 4.67. The number of primary amides is 1. The molecule has 116 valence electrons. The summed E-state index contributed by atoms with van der Waals surface area (Å²) in [5, 5.41) is 31.6. The fourth-order valence-electron chi connectivity index (χ4n) is 2.13. The number of aliphatic hydroxyl groups is 3. The maximum absolute atomic E-state index is 11.1. The van der Waals surface area contributed by atoms with Crippen LogP contribution in [0.3, 0.4) is 0 Å². The summed E-state index contributed by atoms with van der Waals surface area (Å²) in [6.45, 7) is -0.437. The number of benzene rings is 1. The highest BCUT2D eigenvalue weighted by molar-refractivity contribution is 7.99. The van der Waals surface area contributed by atoms with Crippen LogP contribution in [0.15, 0.2) is 35.2 Å². The first-order valence-electron chi connectivity index (χ1n) is 6.43. The number of nitrogens with one attached hydrogen (secondary N) is 1. The van der Waals surface area contributed by atoms with Crippen LogP contribution < -0.4 is 11.1 Å². The second kappa shape index (κ2) is 7.10. The van der Waals surface area contributed by atoms with Gasteiger partial charge >= 0.3 is 6.03 Å². The van der Waals surface area contributed by atoms with Crippen LogP contribution in [0.25, 0.3) is 0 Å². The Morgan fingerprint density at radius 1 is 1.29 bits per heavy atom. The van der Waals surface area contributed by atoms with Crippen LogP contribution in [0.4, 0.5) is 4.79 Å². The average Bonchev–Trinajstić information content (AvgIpc) is 2.47. The van der Waals surface area contributed by atoms with Gasteiger partial charge in [-0.25, -0.2) is 4.79 Å². The highest BCUT2D eigenvalue weighted by Gasteiger charge is 2.45. The summed E-state index contributed by atoms with van der Waals surface area (Å²) in [7, 11) is 0. The van der Waals surface area contributed by atoms with Gasteiger partial charge in [-0.3, -0.25) is 0 Å². The van der Waals surface area contributed by atoms with Gasteiger partial charge in [-0.15, -0.1) is 0 Å². The lowest BCUT2D eigenvalue weighted by molar-refractivity contribution is -0.169. The molecule has 1 aliphatic rings. The molecule has 0 aliphatic carbocycles. The van der Waals surface area contributed by atoms with Crippen molar-refractivity contribution in [3.63, 3.8) is 0 Å². The van der Waals surface area contributed by atoms with Crippen LogP contribution in [-0.2, 0) is 4.74 Å². The topological polar surface area (TPSA) is 125 Å². The number of nitrogens with two attached hydrogens (primary N) is 1. The van der Waals surface area contributed by atoms with E-state index in [4.69, 9.17) is 10.5 Å². The first-order valence-corrected chi connectivity index (χ1v) is 7.31. The van der Waals surface area contributed by atoms with Crippen LogP contribution in [0.1, 0.15) is 0 Å². The van der Waals surface area contributed by atoms with Crippen molar-refractivity contribution in [1.29, 1.82) is 0 Å². The smallest absolute Gasteiger partial charge is 0.312 e. The van der Waals surface area contributed by atoms with Gasteiger partial charge in [0.1, 0.15) is 23.7 Å². The number of thioether (sulfide) groups is 1. The fourth-order valence-corrected chi connectivity index (χ4v) is 3.29. The van der Waals surface area contributed by atoms with Crippen LogP contribution in [-0.4, -0.2) is 57.7 Å². The van der Waals surface area contributed by atoms with Crippen molar-refractivity contribution in [2.75, 3.05) is 6.61 Å². The summed E-state index contributed by atoms with van der Waals surface area (Å²) < 4.78 is 5.57. The first kappa shape index (κ1) is 16.1. The average molecular weight is 314 g/mol. The molecule has 1 fully saturated rings. The minimum absolute atomic E-state index is 0.437. The maximum Gasteiger partial charge on any atom is 0.312 e. The van der Waals surface area contributed by atoms with Gasteiger partial charge in [-0.1, -0.05) is 30.0 Å². The third kappa shape index (κ3) is 3.86. The van der Waals surface area contributed by atoms with E-state index in [-0.39, 0.29) is 0 Å². The van der Waals surface area contributed by atoms with Gasteiger partial charge < -0.3 is 31.1 Å². The van der Waals surface area contributed by atoms with E-state index in [1.807, 2.05) is 30.3 Å². The van der Waals surface area contributed by atoms with Crippen molar-refractivity contribution in [3.8, 4) is 0 Å². The first-order chi connectivity index (χ1) is 10.0. The summed E-state index contributed by atoms with van der Waals surface area (Å²) in [4.78, 5) is 11.9. The molecule has 0 unspecified atom stereocenters. The SMILES string of the molecule is NC(=O)N[C@@H]1[C@@H](O)[C@H](O)[C@@H](CO)O[C@H]1Sc1ccccc1. The number of aliphatic hydroxyl groups excluding tert-OH is 3. The summed E-state index contributed by atoms with van der Waals surface area (Å²) in [6, 6.07) is 7.54. The predicted molar refractivity (Wildman–Crippen MR) is 76.6 cm³/mol. The lowest BCUT2D eigenvalue weighted by Crippen LogP contribution is -2.63. The molecule has 5 atom stereocenters. The molecule has 1 heterocycles. The molecule has 21 heavy (non-hydrogen) atoms. The van der Waals surface area contributed by atoms with E-state index in [0.717, 1.165) is 4.90 Å². The molecule has 0 bridgehead atoms. The van der Waals surface area contributed by atoms with Crippen molar-refractivity contribution < 1.29 is 24.9 Å². The number of carbonyl (C=O) groups is 1. The number of amides is 2. The Bertz CT molecular complexity index is 475. The van der Waals surface area contributed by atoms with Gasteiger partial charge in [-0.05, 0) is 12.1 Å². The van der Waals surface area contributed by atoms with E-state index in [2.05, 4.69) is 5.32 Å². The number of rotatable bonds is 4. The van der Waals surface area contributed by atoms with Crippen molar-refractivity contribution in [1.82, 2.24) is 5.32 Å². The molecule has 0 radical (unpaired) electrons. The van der Waals surface area contributed by atoms with Gasteiger partial charge in [0.05, 0.1) is 12.6 Å². The number of urea groups is 1. The quantitative estimate of drug-likeness (QED) is 0.498. The molecule has 2 rings (SSSR count). The molecule has 2 amide bonds. The maximum atomic E-state index is 11.1. The Morgan fingerprint density at radius 2 is 1.95 bits per heavy atom. The van der Waals surface area contributed by atoms with Crippen molar-refractivity contribution in [2.45, 2.75) is 34.7 Å². The molecule has 1 aromatic rings. The normalized spacial score (nSPS) is 32.6. The number of hydrogen-bond acceptors (Lipinski definition) is 6. The van der Waals surface area contributed by atoms with E-state index in [1.54, 1.807) is 0 Å². The number of carbonyl (C=O) groups excluding carboxylic acids is 1. The fraction of sp³-hybridized carbons (Fsp3) is 0.462. The minimum Gasteiger partial charge on any atom is -0.394 e. The summed E-state index contributed by atoms with van der Waals surface area (Å²) in [5.74, 6) is 0. The Kier molecular flexibility index (Phi) is 5.43. The van der Waals surface area contributed by atoms with Gasteiger partial charge in [-0.2, -0.15) is 0 Å². The van der Waals surface area contributed by atoms with E-state index >= 15 is 0 Å². The molecule has 7 nitrogen and oxygen atoms in total. The molecular weight excluding hydrogens is 296 g/mol. The zero-order valence-electron chi connectivity index (χ0n) is 11.1. The third-order valence-electron chi connectivity index (χ3n) is 3.19. The van der Waals surface area contributed by atoms with Crippen LogP contribution >= 0.6 is 11.8 Å². The van der Waals surface area contributed by atoms with Crippen molar-refractivity contribution in [3.05, 3.63) is 30.3 Å². The van der Waals surface area contributed by atoms with Gasteiger partial charge in [0.25, 0.3) is 0 Å². The monoisotopic (exact) mass is 314 g/mol. The Labute approximate surface area is 126 Å². The minimum atomic E-state index is -1.31. The van der Waals surface area contributed by atoms with E-state index in [9.17, 15) is 20.1 Å². The molecular formula is C13H18N2O5S. The summed E-state index contributed by atoms with van der Waals surface area (Å²) in [6.07, 6.45) is -3.52. The number of ether oxygens (including phenoxy) is 1. The molecule has 1 aromatic carbocycles. The van der Waals surface area contributed by atoms with Crippen LogP contribution in [0, 0.1) is 0 Å². The van der Waals surface area contributed by atoms with E-state index in [1.165, 1.54) is 11.8 Å². The molecule has 0 saturated carbocycles. The molecule has 1 saturated heterocycles. The predicted octanol–water partition coefficient (Wildman–Crippen LogP) is -0.745.